The number of nitrogens with one attached hydrogen (secondary N) is 1. The molecule has 0 spiro atoms. The van der Waals surface area contributed by atoms with E-state index in [1.807, 2.05) is 31.2 Å². The molecule has 3 aromatic carbocycles. The lowest BCUT2D eigenvalue weighted by atomic mass is 10.1. The van der Waals surface area contributed by atoms with Crippen LogP contribution in [0.25, 0.3) is 0 Å². The second-order valence-corrected chi connectivity index (χ2v) is 9.40. The van der Waals surface area contributed by atoms with E-state index in [2.05, 4.69) is 10.5 Å². The molecule has 8 heteroatoms. The molecule has 31 heavy (non-hydrogen) atoms. The van der Waals surface area contributed by atoms with Crippen molar-refractivity contribution < 1.29 is 13.2 Å². The SMILES string of the molecule is Cc1ccc(CN(c2ccc(C(=O)N/N=C\c3ccc(Cl)cc3)cc2)S(C)(=O)=O)cc1. The van der Waals surface area contributed by atoms with Crippen LogP contribution in [0.2, 0.25) is 5.02 Å². The van der Waals surface area contributed by atoms with E-state index in [1.165, 1.54) is 10.5 Å². The van der Waals surface area contributed by atoms with Gasteiger partial charge in [0.1, 0.15) is 0 Å². The Morgan fingerprint density at radius 2 is 1.61 bits per heavy atom. The molecule has 0 saturated carbocycles. The van der Waals surface area contributed by atoms with Crippen LogP contribution in [-0.4, -0.2) is 26.8 Å². The van der Waals surface area contributed by atoms with Gasteiger partial charge in [0.15, 0.2) is 0 Å². The molecule has 160 valence electrons. The molecular formula is C23H22ClN3O3S. The monoisotopic (exact) mass is 455 g/mol. The smallest absolute Gasteiger partial charge is 0.267 e. The first-order valence-electron chi connectivity index (χ1n) is 9.45. The Morgan fingerprint density at radius 1 is 1.00 bits per heavy atom. The van der Waals surface area contributed by atoms with Crippen molar-refractivity contribution in [2.75, 3.05) is 10.6 Å². The summed E-state index contributed by atoms with van der Waals surface area (Å²) in [5.74, 6) is -0.402. The average Bonchev–Trinajstić information content (AvgIpc) is 2.74. The second kappa shape index (κ2) is 9.76. The first-order valence-corrected chi connectivity index (χ1v) is 11.7. The Labute approximate surface area is 187 Å². The Morgan fingerprint density at radius 3 is 2.19 bits per heavy atom. The Hall–Kier alpha value is -3.16. The minimum Gasteiger partial charge on any atom is -0.267 e. The van der Waals surface area contributed by atoms with Crippen LogP contribution in [0.15, 0.2) is 77.9 Å². The number of rotatable bonds is 7. The van der Waals surface area contributed by atoms with Gasteiger partial charge in [0, 0.05) is 10.6 Å². The van der Waals surface area contributed by atoms with Gasteiger partial charge in [-0.05, 0) is 54.4 Å². The summed E-state index contributed by atoms with van der Waals surface area (Å²) in [5.41, 5.74) is 6.05. The molecule has 0 aliphatic carbocycles. The van der Waals surface area contributed by atoms with Crippen molar-refractivity contribution in [2.45, 2.75) is 13.5 Å². The third-order valence-electron chi connectivity index (χ3n) is 4.51. The van der Waals surface area contributed by atoms with Crippen molar-refractivity contribution in [2.24, 2.45) is 5.10 Å². The number of sulfonamides is 1. The summed E-state index contributed by atoms with van der Waals surface area (Å²) in [6, 6.07) is 21.0. The molecular weight excluding hydrogens is 434 g/mol. The van der Waals surface area contributed by atoms with E-state index >= 15 is 0 Å². The molecule has 0 aliphatic rings. The highest BCUT2D eigenvalue weighted by atomic mass is 35.5. The summed E-state index contributed by atoms with van der Waals surface area (Å²) in [4.78, 5) is 12.3. The van der Waals surface area contributed by atoms with Crippen LogP contribution in [0, 0.1) is 6.92 Å². The van der Waals surface area contributed by atoms with Crippen molar-refractivity contribution in [3.63, 3.8) is 0 Å². The van der Waals surface area contributed by atoms with Crippen molar-refractivity contribution in [3.8, 4) is 0 Å². The zero-order valence-electron chi connectivity index (χ0n) is 17.1. The van der Waals surface area contributed by atoms with Gasteiger partial charge in [-0.25, -0.2) is 13.8 Å². The van der Waals surface area contributed by atoms with Gasteiger partial charge in [0.05, 0.1) is 24.7 Å². The lowest BCUT2D eigenvalue weighted by Crippen LogP contribution is -2.29. The number of amides is 1. The van der Waals surface area contributed by atoms with Gasteiger partial charge in [-0.1, -0.05) is 53.6 Å². The molecule has 3 aromatic rings. The fourth-order valence-electron chi connectivity index (χ4n) is 2.82. The number of aryl methyl sites for hydroxylation is 1. The predicted molar refractivity (Wildman–Crippen MR) is 125 cm³/mol. The highest BCUT2D eigenvalue weighted by molar-refractivity contribution is 7.92. The number of nitrogens with zero attached hydrogens (tertiary/aromatic N) is 2. The number of hydrazone groups is 1. The summed E-state index contributed by atoms with van der Waals surface area (Å²) >= 11 is 5.84. The van der Waals surface area contributed by atoms with Gasteiger partial charge in [-0.3, -0.25) is 9.10 Å². The number of carbonyl (C=O) groups excluding carboxylic acids is 1. The minimum absolute atomic E-state index is 0.204. The maximum atomic E-state index is 12.3. The van der Waals surface area contributed by atoms with Gasteiger partial charge < -0.3 is 0 Å². The molecule has 0 fully saturated rings. The number of halogens is 1. The van der Waals surface area contributed by atoms with E-state index < -0.39 is 15.9 Å². The van der Waals surface area contributed by atoms with E-state index in [0.29, 0.717) is 16.3 Å². The number of benzene rings is 3. The summed E-state index contributed by atoms with van der Waals surface area (Å²) < 4.78 is 26.0. The van der Waals surface area contributed by atoms with E-state index in [-0.39, 0.29) is 6.54 Å². The summed E-state index contributed by atoms with van der Waals surface area (Å²) in [5, 5.41) is 4.55. The maximum absolute atomic E-state index is 12.3. The lowest BCUT2D eigenvalue weighted by Gasteiger charge is -2.22. The normalized spacial score (nSPS) is 11.5. The van der Waals surface area contributed by atoms with Crippen LogP contribution in [0.1, 0.15) is 27.0 Å². The van der Waals surface area contributed by atoms with E-state index in [9.17, 15) is 13.2 Å². The van der Waals surface area contributed by atoms with Crippen LogP contribution in [0.4, 0.5) is 5.69 Å². The Kier molecular flexibility index (Phi) is 7.09. The van der Waals surface area contributed by atoms with Gasteiger partial charge in [-0.2, -0.15) is 5.10 Å². The third-order valence-corrected chi connectivity index (χ3v) is 5.91. The fourth-order valence-corrected chi connectivity index (χ4v) is 3.83. The molecule has 0 saturated heterocycles. The average molecular weight is 456 g/mol. The van der Waals surface area contributed by atoms with Crippen molar-refractivity contribution in [1.82, 2.24) is 5.43 Å². The number of carbonyl (C=O) groups is 1. The minimum atomic E-state index is -3.51. The molecule has 0 bridgehead atoms. The quantitative estimate of drug-likeness (QED) is 0.424. The largest absolute Gasteiger partial charge is 0.271 e. The predicted octanol–water partition coefficient (Wildman–Crippen LogP) is 4.38. The van der Waals surface area contributed by atoms with Crippen LogP contribution in [-0.2, 0) is 16.6 Å². The molecule has 0 aromatic heterocycles. The Bertz CT molecular complexity index is 1170. The van der Waals surface area contributed by atoms with Gasteiger partial charge in [-0.15, -0.1) is 0 Å². The molecule has 0 heterocycles. The van der Waals surface area contributed by atoms with E-state index in [0.717, 1.165) is 22.9 Å². The zero-order valence-corrected chi connectivity index (χ0v) is 18.7. The van der Waals surface area contributed by atoms with Crippen molar-refractivity contribution in [3.05, 3.63) is 100 Å². The van der Waals surface area contributed by atoms with Crippen molar-refractivity contribution >= 4 is 39.4 Å². The van der Waals surface area contributed by atoms with E-state index in [1.54, 1.807) is 48.5 Å². The number of hydrogen-bond donors (Lipinski definition) is 1. The molecule has 0 aliphatic heterocycles. The topological polar surface area (TPSA) is 78.8 Å². The maximum Gasteiger partial charge on any atom is 0.271 e. The number of anilines is 1. The first kappa shape index (κ1) is 22.5. The molecule has 6 nitrogen and oxygen atoms in total. The molecule has 1 N–H and O–H groups in total. The van der Waals surface area contributed by atoms with Crippen LogP contribution < -0.4 is 9.73 Å². The van der Waals surface area contributed by atoms with E-state index in [4.69, 9.17) is 11.6 Å². The fraction of sp³-hybridized carbons (Fsp3) is 0.130. The standard InChI is InChI=1S/C23H22ClN3O3S/c1-17-3-5-19(6-4-17)16-27(31(2,29)30)22-13-9-20(10-14-22)23(28)26-25-15-18-7-11-21(24)12-8-18/h3-15H,16H2,1-2H3,(H,26,28)/b25-15-. The molecule has 0 radical (unpaired) electrons. The zero-order chi connectivity index (χ0) is 22.4. The Balaban J connectivity index is 1.70. The van der Waals surface area contributed by atoms with Crippen LogP contribution in [0.5, 0.6) is 0 Å². The number of hydrogen-bond acceptors (Lipinski definition) is 4. The first-order chi connectivity index (χ1) is 14.7. The van der Waals surface area contributed by atoms with Crippen LogP contribution >= 0.6 is 11.6 Å². The molecule has 3 rings (SSSR count). The highest BCUT2D eigenvalue weighted by Gasteiger charge is 2.18. The summed E-state index contributed by atoms with van der Waals surface area (Å²) in [6.45, 7) is 2.18. The molecule has 1 amide bonds. The van der Waals surface area contributed by atoms with Gasteiger partial charge in [0.2, 0.25) is 10.0 Å². The van der Waals surface area contributed by atoms with Gasteiger partial charge in [0.25, 0.3) is 5.91 Å². The van der Waals surface area contributed by atoms with Crippen LogP contribution in [0.3, 0.4) is 0 Å². The summed E-state index contributed by atoms with van der Waals surface area (Å²) in [6.07, 6.45) is 2.67. The van der Waals surface area contributed by atoms with Gasteiger partial charge >= 0.3 is 0 Å². The molecule has 0 atom stereocenters. The lowest BCUT2D eigenvalue weighted by molar-refractivity contribution is 0.0955. The summed E-state index contributed by atoms with van der Waals surface area (Å²) in [7, 11) is -3.51. The molecule has 0 unspecified atom stereocenters. The third kappa shape index (κ3) is 6.41. The van der Waals surface area contributed by atoms with Crippen molar-refractivity contribution in [1.29, 1.82) is 0 Å². The second-order valence-electron chi connectivity index (χ2n) is 7.05. The highest BCUT2D eigenvalue weighted by Crippen LogP contribution is 2.21.